The fourth-order valence-electron chi connectivity index (χ4n) is 4.59. The summed E-state index contributed by atoms with van der Waals surface area (Å²) in [7, 11) is 3.11. The highest BCUT2D eigenvalue weighted by atomic mass is 32.1. The van der Waals surface area contributed by atoms with E-state index in [2.05, 4.69) is 0 Å². The van der Waals surface area contributed by atoms with E-state index in [1.54, 1.807) is 26.4 Å². The van der Waals surface area contributed by atoms with Crippen LogP contribution in [0.25, 0.3) is 20.2 Å². The molecule has 2 aromatic carbocycles. The van der Waals surface area contributed by atoms with Crippen LogP contribution >= 0.6 is 22.7 Å². The van der Waals surface area contributed by atoms with Crippen molar-refractivity contribution in [3.8, 4) is 23.0 Å². The van der Waals surface area contributed by atoms with Crippen molar-refractivity contribution in [2.45, 2.75) is 46.0 Å². The molecule has 0 bridgehead atoms. The molecule has 2 N–H and O–H groups in total. The van der Waals surface area contributed by atoms with Crippen molar-refractivity contribution in [3.05, 3.63) is 46.2 Å². The highest BCUT2D eigenvalue weighted by molar-refractivity contribution is 7.21. The topological polar surface area (TPSA) is 146 Å². The third-order valence-corrected chi connectivity index (χ3v) is 9.56. The Hall–Kier alpha value is -4.16. The maximum absolute atomic E-state index is 12.6. The van der Waals surface area contributed by atoms with Gasteiger partial charge in [-0.3, -0.25) is 19.2 Å². The first-order valence-corrected chi connectivity index (χ1v) is 16.1. The van der Waals surface area contributed by atoms with Gasteiger partial charge in [0, 0.05) is 34.4 Å². The van der Waals surface area contributed by atoms with Gasteiger partial charge in [-0.15, -0.1) is 22.7 Å². The second kappa shape index (κ2) is 15.2. The summed E-state index contributed by atoms with van der Waals surface area (Å²) in [6.45, 7) is 3.95. The molecule has 2 heterocycles. The number of unbranched alkanes of at least 4 members (excludes halogenated alkanes) is 2. The van der Waals surface area contributed by atoms with Crippen LogP contribution in [0.1, 0.15) is 65.3 Å². The number of benzene rings is 2. The molecule has 0 amide bonds. The molecule has 0 saturated carbocycles. The van der Waals surface area contributed by atoms with Gasteiger partial charge >= 0.3 is 11.9 Å². The summed E-state index contributed by atoms with van der Waals surface area (Å²) in [5.41, 5.74) is 0. The molecule has 0 spiro atoms. The first-order valence-electron chi connectivity index (χ1n) is 14.5. The van der Waals surface area contributed by atoms with Gasteiger partial charge < -0.3 is 29.2 Å². The normalized spacial score (nSPS) is 12.5. The number of carbonyl (C=O) groups is 4. The molecule has 0 radical (unpaired) electrons. The second-order valence-corrected chi connectivity index (χ2v) is 13.0. The summed E-state index contributed by atoms with van der Waals surface area (Å²) in [5.74, 6) is -1.64. The van der Waals surface area contributed by atoms with Crippen molar-refractivity contribution in [2.24, 2.45) is 11.8 Å². The second-order valence-electron chi connectivity index (χ2n) is 10.8. The van der Waals surface area contributed by atoms with E-state index >= 15 is 0 Å². The Kier molecular flexibility index (Phi) is 11.4. The minimum atomic E-state index is -0.997. The number of hydrogen-bond acceptors (Lipinski definition) is 10. The Morgan fingerprint density at radius 2 is 1.02 bits per heavy atom. The lowest BCUT2D eigenvalue weighted by atomic mass is 10.0. The maximum atomic E-state index is 12.6. The van der Waals surface area contributed by atoms with E-state index in [1.807, 2.05) is 24.3 Å². The standard InChI is InChI=1S/C33H36O10S2/c1-18(32(36)37)10-22(34)30-14-20-12-24(40-3)27(17-29(20)45-30)43-9-7-5-6-8-42-26-13-21-15-31(23(35)11-19(2)33(38)39)44-28(21)16-25(26)41-4/h12-19H,5-11H2,1-4H3,(H,36,37)(H,38,39). The molecule has 0 fully saturated rings. The number of thiophene rings is 2. The number of carboxylic acids is 2. The highest BCUT2D eigenvalue weighted by Gasteiger charge is 2.21. The number of methoxy groups -OCH3 is 2. The first-order chi connectivity index (χ1) is 21.5. The lowest BCUT2D eigenvalue weighted by Crippen LogP contribution is -2.13. The molecule has 4 rings (SSSR count). The van der Waals surface area contributed by atoms with Crippen LogP contribution in [-0.4, -0.2) is 61.2 Å². The number of rotatable bonds is 18. The molecule has 2 atom stereocenters. The zero-order valence-corrected chi connectivity index (χ0v) is 27.2. The van der Waals surface area contributed by atoms with Crippen LogP contribution in [0.5, 0.6) is 23.0 Å². The summed E-state index contributed by atoms with van der Waals surface area (Å²) < 4.78 is 24.7. The number of ketones is 2. The van der Waals surface area contributed by atoms with Crippen molar-refractivity contribution in [3.63, 3.8) is 0 Å². The van der Waals surface area contributed by atoms with E-state index in [0.717, 1.165) is 39.4 Å². The van der Waals surface area contributed by atoms with Crippen molar-refractivity contribution < 1.29 is 48.3 Å². The fraction of sp³-hybridized carbons (Fsp3) is 0.394. The van der Waals surface area contributed by atoms with Gasteiger partial charge in [0.25, 0.3) is 0 Å². The van der Waals surface area contributed by atoms with Gasteiger partial charge in [0.05, 0.1) is 49.0 Å². The van der Waals surface area contributed by atoms with Crippen molar-refractivity contribution in [1.82, 2.24) is 0 Å². The minimum Gasteiger partial charge on any atom is -0.493 e. The Morgan fingerprint density at radius 1 is 0.622 bits per heavy atom. The molecular weight excluding hydrogens is 620 g/mol. The van der Waals surface area contributed by atoms with Crippen LogP contribution in [-0.2, 0) is 9.59 Å². The molecule has 45 heavy (non-hydrogen) atoms. The Balaban J connectivity index is 1.28. The molecule has 4 aromatic rings. The van der Waals surface area contributed by atoms with Crippen LogP contribution in [0.2, 0.25) is 0 Å². The van der Waals surface area contributed by atoms with Crippen LogP contribution in [0.15, 0.2) is 36.4 Å². The average Bonchev–Trinajstić information content (AvgIpc) is 3.63. The average molecular weight is 657 g/mol. The van der Waals surface area contributed by atoms with E-state index in [4.69, 9.17) is 29.2 Å². The molecule has 2 aromatic heterocycles. The summed E-state index contributed by atoms with van der Waals surface area (Å²) in [4.78, 5) is 48.4. The number of carboxylic acid groups (broad SMARTS) is 2. The van der Waals surface area contributed by atoms with Crippen LogP contribution in [0.4, 0.5) is 0 Å². The number of carbonyl (C=O) groups excluding carboxylic acids is 2. The Morgan fingerprint density at radius 3 is 1.47 bits per heavy atom. The van der Waals surface area contributed by atoms with Gasteiger partial charge in [-0.2, -0.15) is 0 Å². The summed E-state index contributed by atoms with van der Waals surface area (Å²) >= 11 is 2.61. The van der Waals surface area contributed by atoms with Crippen molar-refractivity contribution >= 4 is 66.4 Å². The third kappa shape index (κ3) is 8.52. The molecule has 0 saturated heterocycles. The van der Waals surface area contributed by atoms with Crippen LogP contribution in [0, 0.1) is 11.8 Å². The van der Waals surface area contributed by atoms with Gasteiger partial charge in [0.15, 0.2) is 34.6 Å². The molecule has 0 aliphatic carbocycles. The van der Waals surface area contributed by atoms with Gasteiger partial charge in [-0.05, 0) is 54.3 Å². The van der Waals surface area contributed by atoms with Gasteiger partial charge in [-0.25, -0.2) is 0 Å². The molecule has 2 unspecified atom stereocenters. The third-order valence-electron chi connectivity index (χ3n) is 7.28. The minimum absolute atomic E-state index is 0.0562. The SMILES string of the molecule is COc1cc2sc(C(=O)CC(C)C(=O)O)cc2cc1OCCCCCOc1cc2sc(C(=O)CC(C)C(=O)O)cc2cc1OC. The van der Waals surface area contributed by atoms with E-state index < -0.39 is 23.8 Å². The van der Waals surface area contributed by atoms with E-state index in [-0.39, 0.29) is 24.4 Å². The lowest BCUT2D eigenvalue weighted by molar-refractivity contribution is -0.141. The zero-order valence-electron chi connectivity index (χ0n) is 25.5. The molecule has 10 nitrogen and oxygen atoms in total. The molecule has 0 aliphatic heterocycles. The van der Waals surface area contributed by atoms with Gasteiger partial charge in [0.2, 0.25) is 0 Å². The van der Waals surface area contributed by atoms with Crippen molar-refractivity contribution in [2.75, 3.05) is 27.4 Å². The van der Waals surface area contributed by atoms with Gasteiger partial charge in [-0.1, -0.05) is 13.8 Å². The smallest absolute Gasteiger partial charge is 0.306 e. The largest absolute Gasteiger partial charge is 0.493 e. The number of fused-ring (bicyclic) bond motifs is 2. The monoisotopic (exact) mass is 656 g/mol. The zero-order chi connectivity index (χ0) is 32.7. The predicted octanol–water partition coefficient (Wildman–Crippen LogP) is 7.35. The van der Waals surface area contributed by atoms with Gasteiger partial charge in [0.1, 0.15) is 0 Å². The number of ether oxygens (including phenoxy) is 4. The number of hydrogen-bond donors (Lipinski definition) is 2. The lowest BCUT2D eigenvalue weighted by Gasteiger charge is -2.12. The summed E-state index contributed by atoms with van der Waals surface area (Å²) in [6.07, 6.45) is 2.27. The Bertz CT molecular complexity index is 1580. The van der Waals surface area contributed by atoms with Crippen LogP contribution < -0.4 is 18.9 Å². The maximum Gasteiger partial charge on any atom is 0.306 e. The van der Waals surface area contributed by atoms with Crippen molar-refractivity contribution in [1.29, 1.82) is 0 Å². The van der Waals surface area contributed by atoms with Crippen LogP contribution in [0.3, 0.4) is 0 Å². The number of Topliss-reactive ketones (excluding diaryl/α,β-unsaturated/α-hetero) is 2. The summed E-state index contributed by atoms with van der Waals surface area (Å²) in [6, 6.07) is 10.9. The molecule has 0 aliphatic rings. The summed E-state index contributed by atoms with van der Waals surface area (Å²) in [5, 5.41) is 19.9. The highest BCUT2D eigenvalue weighted by Crippen LogP contribution is 2.38. The van der Waals surface area contributed by atoms with E-state index in [1.165, 1.54) is 36.5 Å². The number of aliphatic carboxylic acids is 2. The van der Waals surface area contributed by atoms with E-state index in [9.17, 15) is 19.2 Å². The molecule has 12 heteroatoms. The Labute approximate surface area is 268 Å². The molecular formula is C33H36O10S2. The fourth-order valence-corrected chi connectivity index (χ4v) is 6.63. The van der Waals surface area contributed by atoms with E-state index in [0.29, 0.717) is 46.0 Å². The molecule has 240 valence electrons. The quantitative estimate of drug-likeness (QED) is 0.0823. The predicted molar refractivity (Wildman–Crippen MR) is 173 cm³/mol. The first kappa shape index (κ1) is 33.7.